The molecule has 0 radical (unpaired) electrons. The number of carbonyl (C=O) groups is 3. The fraction of sp³-hybridized carbons (Fsp3) is 0.571. The van der Waals surface area contributed by atoms with Crippen molar-refractivity contribution in [3.63, 3.8) is 0 Å². The molecule has 34 heavy (non-hydrogen) atoms. The molecule has 2 saturated heterocycles. The lowest BCUT2D eigenvalue weighted by Crippen LogP contribution is -2.53. The molecule has 0 bridgehead atoms. The first kappa shape index (κ1) is 24.8. The first-order valence-electron chi connectivity index (χ1n) is 11.2. The molecule has 0 unspecified atom stereocenters. The molecular formula is C21H28N4O7S2. The van der Waals surface area contributed by atoms with Crippen LogP contribution < -0.4 is 4.90 Å². The van der Waals surface area contributed by atoms with Crippen LogP contribution in [0.1, 0.15) is 6.92 Å². The van der Waals surface area contributed by atoms with Gasteiger partial charge in [0, 0.05) is 44.2 Å². The van der Waals surface area contributed by atoms with Crippen molar-refractivity contribution < 1.29 is 32.3 Å². The average molecular weight is 513 g/mol. The molecule has 13 heteroatoms. The van der Waals surface area contributed by atoms with Gasteiger partial charge in [-0.25, -0.2) is 13.2 Å². The van der Waals surface area contributed by atoms with Crippen molar-refractivity contribution in [1.82, 2.24) is 14.1 Å². The van der Waals surface area contributed by atoms with Gasteiger partial charge in [-0.15, -0.1) is 11.8 Å². The summed E-state index contributed by atoms with van der Waals surface area (Å²) in [5, 5.41) is 0. The number of thioether (sulfide) groups is 1. The Hall–Kier alpha value is -2.35. The Bertz CT molecular complexity index is 1050. The molecule has 3 aliphatic rings. The number of ether oxygens (including phenoxy) is 2. The van der Waals surface area contributed by atoms with E-state index in [1.165, 1.54) is 27.0 Å². The van der Waals surface area contributed by atoms with Crippen LogP contribution in [0.15, 0.2) is 28.0 Å². The van der Waals surface area contributed by atoms with Crippen LogP contribution >= 0.6 is 11.8 Å². The van der Waals surface area contributed by atoms with Gasteiger partial charge in [0.2, 0.25) is 21.8 Å². The number of nitrogens with zero attached hydrogens (tertiary/aromatic N) is 4. The number of piperazine rings is 1. The molecule has 2 fully saturated rings. The van der Waals surface area contributed by atoms with Crippen molar-refractivity contribution in [1.29, 1.82) is 0 Å². The molecule has 4 rings (SSSR count). The van der Waals surface area contributed by atoms with Crippen molar-refractivity contribution in [2.24, 2.45) is 0 Å². The Labute approximate surface area is 203 Å². The Morgan fingerprint density at radius 1 is 1.06 bits per heavy atom. The van der Waals surface area contributed by atoms with E-state index in [0.717, 1.165) is 4.90 Å². The molecular weight excluding hydrogens is 484 g/mol. The lowest BCUT2D eigenvalue weighted by molar-refractivity contribution is -0.132. The molecule has 0 aliphatic carbocycles. The molecule has 1 aromatic rings. The lowest BCUT2D eigenvalue weighted by Gasteiger charge is -2.36. The van der Waals surface area contributed by atoms with Crippen LogP contribution in [0.25, 0.3) is 0 Å². The third-order valence-corrected chi connectivity index (χ3v) is 8.88. The highest BCUT2D eigenvalue weighted by Crippen LogP contribution is 2.37. The molecule has 11 nitrogen and oxygen atoms in total. The Morgan fingerprint density at radius 2 is 1.74 bits per heavy atom. The molecule has 0 spiro atoms. The number of amides is 3. The predicted molar refractivity (Wildman–Crippen MR) is 124 cm³/mol. The highest BCUT2D eigenvalue weighted by atomic mass is 32.2. The minimum Gasteiger partial charge on any atom is -0.450 e. The van der Waals surface area contributed by atoms with E-state index in [1.807, 2.05) is 0 Å². The standard InChI is InChI=1S/C21H28N4O7S2/c1-2-32-21(28)23-7-5-22(6-8-23)19(26)14-25-17-13-16(3-4-18(17)33-15-20(25)27)34(29,30)24-9-11-31-12-10-24/h3-4,13H,2,5-12,14-15H2,1H3. The first-order chi connectivity index (χ1) is 16.3. The van der Waals surface area contributed by atoms with Gasteiger partial charge in [0.25, 0.3) is 0 Å². The smallest absolute Gasteiger partial charge is 0.409 e. The molecule has 3 heterocycles. The van der Waals surface area contributed by atoms with Crippen LogP contribution in [0.5, 0.6) is 0 Å². The van der Waals surface area contributed by atoms with Crippen molar-refractivity contribution in [2.75, 3.05) is 76.3 Å². The second-order valence-electron chi connectivity index (χ2n) is 7.98. The SMILES string of the molecule is CCOC(=O)N1CCN(C(=O)CN2C(=O)CSc3ccc(S(=O)(=O)N4CCOCC4)cc32)CC1. The molecule has 0 N–H and O–H groups in total. The normalized spacial score (nSPS) is 19.7. The van der Waals surface area contributed by atoms with E-state index in [9.17, 15) is 22.8 Å². The van der Waals surface area contributed by atoms with Crippen LogP contribution in [0.2, 0.25) is 0 Å². The molecule has 3 aliphatic heterocycles. The van der Waals surface area contributed by atoms with Gasteiger partial charge in [0.05, 0.1) is 36.2 Å². The van der Waals surface area contributed by atoms with E-state index in [2.05, 4.69) is 0 Å². The van der Waals surface area contributed by atoms with Gasteiger partial charge in [-0.1, -0.05) is 0 Å². The Balaban J connectivity index is 1.48. The number of fused-ring (bicyclic) bond motifs is 1. The average Bonchev–Trinajstić information content (AvgIpc) is 2.86. The maximum absolute atomic E-state index is 13.1. The third kappa shape index (κ3) is 5.16. The van der Waals surface area contributed by atoms with Gasteiger partial charge in [-0.2, -0.15) is 4.31 Å². The van der Waals surface area contributed by atoms with E-state index >= 15 is 0 Å². The maximum atomic E-state index is 13.1. The van der Waals surface area contributed by atoms with Gasteiger partial charge in [0.15, 0.2) is 0 Å². The zero-order valence-corrected chi connectivity index (χ0v) is 20.6. The van der Waals surface area contributed by atoms with Crippen molar-refractivity contribution in [3.8, 4) is 0 Å². The summed E-state index contributed by atoms with van der Waals surface area (Å²) in [6.07, 6.45) is -0.402. The molecule has 0 aromatic heterocycles. The lowest BCUT2D eigenvalue weighted by atomic mass is 10.2. The largest absolute Gasteiger partial charge is 0.450 e. The summed E-state index contributed by atoms with van der Waals surface area (Å²) in [6, 6.07) is 4.71. The van der Waals surface area contributed by atoms with E-state index in [4.69, 9.17) is 9.47 Å². The highest BCUT2D eigenvalue weighted by Gasteiger charge is 2.33. The number of hydrogen-bond donors (Lipinski definition) is 0. The van der Waals surface area contributed by atoms with E-state index in [-0.39, 0.29) is 48.7 Å². The topological polar surface area (TPSA) is 117 Å². The van der Waals surface area contributed by atoms with Gasteiger partial charge >= 0.3 is 6.09 Å². The number of carbonyl (C=O) groups excluding carboxylic acids is 3. The number of benzene rings is 1. The van der Waals surface area contributed by atoms with Gasteiger partial charge < -0.3 is 24.2 Å². The number of hydrogen-bond acceptors (Lipinski definition) is 8. The number of anilines is 1. The van der Waals surface area contributed by atoms with Crippen LogP contribution in [0.4, 0.5) is 10.5 Å². The summed E-state index contributed by atoms with van der Waals surface area (Å²) in [7, 11) is -3.74. The van der Waals surface area contributed by atoms with Gasteiger partial charge in [-0.3, -0.25) is 9.59 Å². The third-order valence-electron chi connectivity index (χ3n) is 5.93. The number of sulfonamides is 1. The molecule has 186 valence electrons. The van der Waals surface area contributed by atoms with Crippen LogP contribution in [-0.4, -0.2) is 112 Å². The zero-order chi connectivity index (χ0) is 24.3. The minimum absolute atomic E-state index is 0.0870. The summed E-state index contributed by atoms with van der Waals surface area (Å²) >= 11 is 1.32. The van der Waals surface area contributed by atoms with Crippen LogP contribution in [-0.2, 0) is 29.1 Å². The van der Waals surface area contributed by atoms with E-state index in [1.54, 1.807) is 28.9 Å². The summed E-state index contributed by atoms with van der Waals surface area (Å²) in [4.78, 5) is 43.0. The monoisotopic (exact) mass is 512 g/mol. The van der Waals surface area contributed by atoms with E-state index in [0.29, 0.717) is 45.1 Å². The van der Waals surface area contributed by atoms with Crippen molar-refractivity contribution >= 4 is 45.4 Å². The van der Waals surface area contributed by atoms with Crippen molar-refractivity contribution in [2.45, 2.75) is 16.7 Å². The fourth-order valence-electron chi connectivity index (χ4n) is 4.04. The van der Waals surface area contributed by atoms with Gasteiger partial charge in [-0.05, 0) is 25.1 Å². The molecule has 0 atom stereocenters. The summed E-state index contributed by atoms with van der Waals surface area (Å²) in [6.45, 7) is 4.44. The first-order valence-corrected chi connectivity index (χ1v) is 13.6. The number of morpholine rings is 1. The van der Waals surface area contributed by atoms with Crippen LogP contribution in [0, 0.1) is 0 Å². The summed E-state index contributed by atoms with van der Waals surface area (Å²) < 4.78 is 37.8. The van der Waals surface area contributed by atoms with Crippen LogP contribution in [0.3, 0.4) is 0 Å². The fourth-order valence-corrected chi connectivity index (χ4v) is 6.38. The molecule has 1 aromatic carbocycles. The maximum Gasteiger partial charge on any atom is 0.409 e. The Morgan fingerprint density at radius 3 is 2.41 bits per heavy atom. The van der Waals surface area contributed by atoms with Gasteiger partial charge in [0.1, 0.15) is 6.54 Å². The summed E-state index contributed by atoms with van der Waals surface area (Å²) in [5.41, 5.74) is 0.425. The molecule has 0 saturated carbocycles. The second kappa shape index (κ2) is 10.5. The Kier molecular flexibility index (Phi) is 7.65. The van der Waals surface area contributed by atoms with Crippen molar-refractivity contribution in [3.05, 3.63) is 18.2 Å². The second-order valence-corrected chi connectivity index (χ2v) is 10.9. The number of rotatable bonds is 5. The summed E-state index contributed by atoms with van der Waals surface area (Å²) in [5.74, 6) is -0.333. The van der Waals surface area contributed by atoms with E-state index < -0.39 is 16.1 Å². The molecule has 3 amide bonds. The zero-order valence-electron chi connectivity index (χ0n) is 19.0. The minimum atomic E-state index is -3.74. The predicted octanol–water partition coefficient (Wildman–Crippen LogP) is 0.447. The quantitative estimate of drug-likeness (QED) is 0.558. The highest BCUT2D eigenvalue weighted by molar-refractivity contribution is 8.00.